The Bertz CT molecular complexity index is 532. The molecule has 0 amide bonds. The van der Waals surface area contributed by atoms with Crippen molar-refractivity contribution in [2.24, 2.45) is 0 Å². The van der Waals surface area contributed by atoms with Crippen LogP contribution in [0.15, 0.2) is 12.1 Å². The quantitative estimate of drug-likeness (QED) is 0.656. The molecule has 1 aromatic rings. The lowest BCUT2D eigenvalue weighted by molar-refractivity contribution is 0.234. The topological polar surface area (TPSA) is 106 Å². The fraction of sp³-hybridized carbons (Fsp3) is 0.583. The highest BCUT2D eigenvalue weighted by Crippen LogP contribution is 2.21. The maximum Gasteiger partial charge on any atom is 0.239 e. The number of hydrogen-bond donors (Lipinski definition) is 3. The summed E-state index contributed by atoms with van der Waals surface area (Å²) >= 11 is 0. The summed E-state index contributed by atoms with van der Waals surface area (Å²) in [6, 6.07) is 3.36. The molecule has 0 fully saturated rings. The van der Waals surface area contributed by atoms with Gasteiger partial charge in [-0.25, -0.2) is 13.1 Å². The minimum Gasteiger partial charge on any atom is -0.473 e. The average Bonchev–Trinajstić information content (AvgIpc) is 2.32. The standard InChI is InChI=1S/C12H22N4O3S/c1-4-15-20(17,18)8-7-14-11-6-5-10(13)12(16-11)19-9(2)3/h5-6,9,15H,4,7-8,13H2,1-3H3,(H,14,16). The summed E-state index contributed by atoms with van der Waals surface area (Å²) in [4.78, 5) is 4.20. The van der Waals surface area contributed by atoms with E-state index in [1.165, 1.54) is 0 Å². The highest BCUT2D eigenvalue weighted by Gasteiger charge is 2.09. The Morgan fingerprint density at radius 2 is 2.10 bits per heavy atom. The summed E-state index contributed by atoms with van der Waals surface area (Å²) in [6.45, 7) is 6.14. The van der Waals surface area contributed by atoms with Crippen molar-refractivity contribution in [3.05, 3.63) is 12.1 Å². The Kier molecular flexibility index (Phi) is 6.03. The van der Waals surface area contributed by atoms with Crippen molar-refractivity contribution in [2.75, 3.05) is 29.9 Å². The molecule has 8 heteroatoms. The van der Waals surface area contributed by atoms with Crippen molar-refractivity contribution in [3.8, 4) is 5.88 Å². The Morgan fingerprint density at radius 1 is 1.40 bits per heavy atom. The van der Waals surface area contributed by atoms with Crippen LogP contribution in [0.25, 0.3) is 0 Å². The molecule has 0 aliphatic rings. The van der Waals surface area contributed by atoms with Crippen molar-refractivity contribution < 1.29 is 13.2 Å². The molecule has 0 aliphatic carbocycles. The van der Waals surface area contributed by atoms with Crippen LogP contribution in [-0.2, 0) is 10.0 Å². The van der Waals surface area contributed by atoms with Gasteiger partial charge in [0.25, 0.3) is 0 Å². The largest absolute Gasteiger partial charge is 0.473 e. The SMILES string of the molecule is CCNS(=O)(=O)CCNc1ccc(N)c(OC(C)C)n1. The minimum atomic E-state index is -3.24. The Morgan fingerprint density at radius 3 is 2.70 bits per heavy atom. The van der Waals surface area contributed by atoms with Crippen LogP contribution in [-0.4, -0.2) is 38.3 Å². The lowest BCUT2D eigenvalue weighted by Crippen LogP contribution is -2.29. The second kappa shape index (κ2) is 7.30. The van der Waals surface area contributed by atoms with Crippen molar-refractivity contribution >= 4 is 21.5 Å². The van der Waals surface area contributed by atoms with Gasteiger partial charge in [0.1, 0.15) is 5.82 Å². The molecule has 0 unspecified atom stereocenters. The van der Waals surface area contributed by atoms with E-state index in [0.29, 0.717) is 23.9 Å². The molecule has 0 spiro atoms. The number of aromatic nitrogens is 1. The molecule has 1 aromatic heterocycles. The zero-order valence-electron chi connectivity index (χ0n) is 12.0. The van der Waals surface area contributed by atoms with Gasteiger partial charge in [0.2, 0.25) is 15.9 Å². The summed E-state index contributed by atoms with van der Waals surface area (Å²) in [7, 11) is -3.24. The fourth-order valence-corrected chi connectivity index (χ4v) is 2.43. The van der Waals surface area contributed by atoms with E-state index in [-0.39, 0.29) is 18.4 Å². The van der Waals surface area contributed by atoms with E-state index in [9.17, 15) is 8.42 Å². The van der Waals surface area contributed by atoms with Gasteiger partial charge in [-0.05, 0) is 26.0 Å². The zero-order chi connectivity index (χ0) is 15.2. The number of hydrogen-bond acceptors (Lipinski definition) is 6. The smallest absolute Gasteiger partial charge is 0.239 e. The van der Waals surface area contributed by atoms with Gasteiger partial charge in [0.15, 0.2) is 0 Å². The van der Waals surface area contributed by atoms with Gasteiger partial charge in [-0.15, -0.1) is 0 Å². The summed E-state index contributed by atoms with van der Waals surface area (Å²) in [6.07, 6.45) is -0.0332. The van der Waals surface area contributed by atoms with Crippen molar-refractivity contribution in [1.82, 2.24) is 9.71 Å². The van der Waals surface area contributed by atoms with Gasteiger partial charge in [-0.2, -0.15) is 4.98 Å². The summed E-state index contributed by atoms with van der Waals surface area (Å²) < 4.78 is 30.8. The number of rotatable bonds is 8. The molecule has 0 atom stereocenters. The lowest BCUT2D eigenvalue weighted by atomic mass is 10.4. The van der Waals surface area contributed by atoms with Crippen LogP contribution in [0, 0.1) is 0 Å². The maximum atomic E-state index is 11.5. The van der Waals surface area contributed by atoms with Crippen LogP contribution < -0.4 is 20.5 Å². The molecular formula is C12H22N4O3S. The minimum absolute atomic E-state index is 0.0206. The molecule has 1 rings (SSSR count). The van der Waals surface area contributed by atoms with Gasteiger partial charge in [-0.3, -0.25) is 0 Å². The van der Waals surface area contributed by atoms with Crippen LogP contribution in [0.5, 0.6) is 5.88 Å². The lowest BCUT2D eigenvalue weighted by Gasteiger charge is -2.13. The number of nitrogens with one attached hydrogen (secondary N) is 2. The van der Waals surface area contributed by atoms with Crippen molar-refractivity contribution in [3.63, 3.8) is 0 Å². The van der Waals surface area contributed by atoms with Gasteiger partial charge < -0.3 is 15.8 Å². The fourth-order valence-electron chi connectivity index (χ4n) is 1.47. The third-order valence-electron chi connectivity index (χ3n) is 2.28. The molecule has 0 saturated carbocycles. The van der Waals surface area contributed by atoms with Gasteiger partial charge in [0, 0.05) is 13.1 Å². The number of nitrogens with zero attached hydrogens (tertiary/aromatic N) is 1. The van der Waals surface area contributed by atoms with E-state index >= 15 is 0 Å². The van der Waals surface area contributed by atoms with Crippen molar-refractivity contribution in [1.29, 1.82) is 0 Å². The molecule has 0 saturated heterocycles. The van der Waals surface area contributed by atoms with E-state index in [4.69, 9.17) is 10.5 Å². The van der Waals surface area contributed by atoms with Crippen LogP contribution in [0.3, 0.4) is 0 Å². The number of sulfonamides is 1. The van der Waals surface area contributed by atoms with Crippen LogP contribution in [0.4, 0.5) is 11.5 Å². The molecule has 114 valence electrons. The summed E-state index contributed by atoms with van der Waals surface area (Å²) in [5.74, 6) is 0.855. The zero-order valence-corrected chi connectivity index (χ0v) is 12.8. The molecule has 1 heterocycles. The van der Waals surface area contributed by atoms with E-state index in [1.807, 2.05) is 13.8 Å². The first-order chi connectivity index (χ1) is 9.34. The molecule has 7 nitrogen and oxygen atoms in total. The Balaban J connectivity index is 2.61. The molecule has 4 N–H and O–H groups in total. The molecule has 20 heavy (non-hydrogen) atoms. The Labute approximate surface area is 120 Å². The average molecular weight is 302 g/mol. The van der Waals surface area contributed by atoms with Gasteiger partial charge in [0.05, 0.1) is 17.5 Å². The summed E-state index contributed by atoms with van der Waals surface area (Å²) in [5.41, 5.74) is 6.20. The van der Waals surface area contributed by atoms with E-state index < -0.39 is 10.0 Å². The van der Waals surface area contributed by atoms with E-state index in [2.05, 4.69) is 15.0 Å². The number of ether oxygens (including phenoxy) is 1. The first-order valence-electron chi connectivity index (χ1n) is 6.48. The Hall–Kier alpha value is -1.54. The first-order valence-corrected chi connectivity index (χ1v) is 8.13. The predicted octanol–water partition coefficient (Wildman–Crippen LogP) is 0.802. The highest BCUT2D eigenvalue weighted by molar-refractivity contribution is 7.89. The third-order valence-corrected chi connectivity index (χ3v) is 3.75. The molecule has 0 aromatic carbocycles. The third kappa shape index (κ3) is 5.62. The molecule has 0 radical (unpaired) electrons. The second-order valence-electron chi connectivity index (χ2n) is 4.50. The highest BCUT2D eigenvalue weighted by atomic mass is 32.2. The number of anilines is 2. The van der Waals surface area contributed by atoms with Gasteiger partial charge >= 0.3 is 0 Å². The molecule has 0 aliphatic heterocycles. The molecular weight excluding hydrogens is 280 g/mol. The molecule has 0 bridgehead atoms. The number of pyridine rings is 1. The summed E-state index contributed by atoms with van der Waals surface area (Å²) in [5, 5.41) is 2.93. The van der Waals surface area contributed by atoms with Crippen LogP contribution in [0.1, 0.15) is 20.8 Å². The first kappa shape index (κ1) is 16.5. The van der Waals surface area contributed by atoms with E-state index in [0.717, 1.165) is 0 Å². The monoisotopic (exact) mass is 302 g/mol. The number of nitrogen functional groups attached to an aromatic ring is 1. The maximum absolute atomic E-state index is 11.5. The normalized spacial score (nSPS) is 11.6. The van der Waals surface area contributed by atoms with Crippen molar-refractivity contribution in [2.45, 2.75) is 26.9 Å². The predicted molar refractivity (Wildman–Crippen MR) is 80.4 cm³/mol. The van der Waals surface area contributed by atoms with Crippen LogP contribution in [0.2, 0.25) is 0 Å². The van der Waals surface area contributed by atoms with Gasteiger partial charge in [-0.1, -0.05) is 6.92 Å². The van der Waals surface area contributed by atoms with E-state index in [1.54, 1.807) is 19.1 Å². The van der Waals surface area contributed by atoms with Crippen LogP contribution >= 0.6 is 0 Å². The number of nitrogens with two attached hydrogens (primary N) is 1. The second-order valence-corrected chi connectivity index (χ2v) is 6.43.